The second kappa shape index (κ2) is 40.9. The number of anilines is 10. The minimum atomic E-state index is -5.13. The predicted octanol–water partition coefficient (Wildman–Crippen LogP) is -8.64. The molecule has 0 bridgehead atoms. The Balaban J connectivity index is 0. The van der Waals surface area contributed by atoms with E-state index in [1.54, 1.807) is 65.6 Å². The van der Waals surface area contributed by atoms with Crippen molar-refractivity contribution in [1.82, 2.24) is 29.9 Å². The number of rotatable bonds is 23. The third-order valence-electron chi connectivity index (χ3n) is 8.09. The number of aliphatic hydroxyl groups is 2. The van der Waals surface area contributed by atoms with E-state index in [1.807, 2.05) is 0 Å². The normalized spacial score (nSPS) is 10.0. The van der Waals surface area contributed by atoms with Gasteiger partial charge in [0.15, 0.2) is 0 Å². The van der Waals surface area contributed by atoms with Crippen molar-refractivity contribution < 1.29 is 194 Å². The molecule has 0 aliphatic carbocycles. The zero-order valence-electron chi connectivity index (χ0n) is 40.8. The Hall–Kier alpha value is -3.25. The minimum absolute atomic E-state index is 0. The number of hydrogen-bond acceptors (Lipinski definition) is 30. The molecular weight excluding hydrogens is 1120 g/mol. The second-order valence-electron chi connectivity index (χ2n) is 12.5. The van der Waals surface area contributed by atoms with Crippen molar-refractivity contribution in [1.29, 1.82) is 0 Å². The van der Waals surface area contributed by atoms with E-state index < -0.39 is 31.6 Å². The molecule has 2 heterocycles. The van der Waals surface area contributed by atoms with Gasteiger partial charge in [0, 0.05) is 39.9 Å². The number of nitrogens with zero attached hydrogens (tertiary/aromatic N) is 8. The van der Waals surface area contributed by atoms with E-state index in [-0.39, 0.29) is 196 Å². The molecule has 6 rings (SSSR count). The molecular formula is C40H40N12Na4O16S4. The smallest absolute Gasteiger partial charge is 0.744 e. The molecule has 0 aliphatic rings. The van der Waals surface area contributed by atoms with E-state index in [1.165, 1.54) is 30.4 Å². The molecule has 6 aromatic rings. The number of benzene rings is 4. The summed E-state index contributed by atoms with van der Waals surface area (Å²) < 4.78 is 71.8. The monoisotopic (exact) mass is 1160 g/mol. The molecule has 36 heteroatoms. The third-order valence-corrected chi connectivity index (χ3v) is 10.2. The Morgan fingerprint density at radius 2 is 1.03 bits per heavy atom. The van der Waals surface area contributed by atoms with Crippen LogP contribution in [0.15, 0.2) is 126 Å². The molecule has 0 spiro atoms. The van der Waals surface area contributed by atoms with E-state index in [2.05, 4.69) is 102 Å². The molecule has 76 heavy (non-hydrogen) atoms. The van der Waals surface area contributed by atoms with Crippen LogP contribution in [-0.2, 0) is 39.5 Å². The van der Waals surface area contributed by atoms with Crippen LogP contribution < -0.4 is 160 Å². The fourth-order valence-electron chi connectivity index (χ4n) is 5.39. The first-order valence-corrected chi connectivity index (χ1v) is 23.3. The maximum atomic E-state index is 12.5. The SMILES string of the molecule is C=C.C=C.O=S(=O)([O-])c1cc(Nc2nc(Nc3ccc(SOO[O-])cc3)nc(N(O)O)n2)ccc1/C=C/c1ccc(Nc2nc(Nc3cc[c-]cc3)nc(N(CCO)CCO)n2)cc1SOO[O-].O=S(=O)=O.[Na+].[Na+].[Na+].[Na+]. The van der Waals surface area contributed by atoms with Crippen LogP contribution in [-0.4, -0.2) is 102 Å². The molecule has 2 aromatic heterocycles. The molecule has 384 valence electrons. The molecule has 0 fully saturated rings. The molecule has 0 unspecified atom stereocenters. The summed E-state index contributed by atoms with van der Waals surface area (Å²) >= 11 is 1.18. The molecule has 8 N–H and O–H groups in total. The summed E-state index contributed by atoms with van der Waals surface area (Å²) in [6.45, 7) is 11.7. The topological polar surface area (TPSA) is 404 Å². The van der Waals surface area contributed by atoms with Crippen LogP contribution in [0, 0.1) is 6.07 Å². The molecule has 0 atom stereocenters. The van der Waals surface area contributed by atoms with Gasteiger partial charge < -0.3 is 51.4 Å². The second-order valence-corrected chi connectivity index (χ2v) is 15.8. The van der Waals surface area contributed by atoms with Gasteiger partial charge in [0.25, 0.3) is 5.95 Å². The first-order valence-electron chi connectivity index (χ1n) is 19.4. The van der Waals surface area contributed by atoms with Crippen molar-refractivity contribution in [3.63, 3.8) is 0 Å². The standard InChI is InChI=1S/C36H35N12O13S3.2C2H4.4Na.O3S/c49-18-16-47(17-19-50)35-43-31(37-24-4-2-1-3-5-24)41-33(44-35)39-26-10-8-22(29(20-26)63-61-59-54)6-7-23-9-11-27(21-30(23)64(55,56)57)40-34-42-32(45-36(46-34)48(51)52)38-25-12-14-28(15-13-25)62-60-58-53;2*1-2;;;;;1-4(2)3/h2-15,20-21,49-54H,16-19H2,(H,55,56,57)(H2,37,39,41,43,44)(H2,38,40,42,45,46);2*1-2H2;;;;;/q-1;;;4*+1;/p-3/b7-6+;;;;;;;. The van der Waals surface area contributed by atoms with Crippen molar-refractivity contribution in [3.8, 4) is 0 Å². The van der Waals surface area contributed by atoms with Crippen molar-refractivity contribution in [2.75, 3.05) is 57.7 Å². The van der Waals surface area contributed by atoms with Crippen LogP contribution >= 0.6 is 24.1 Å². The first kappa shape index (κ1) is 74.8. The Morgan fingerprint density at radius 3 is 1.49 bits per heavy atom. The average molecular weight is 1170 g/mol. The maximum Gasteiger partial charge on any atom is 1.00 e. The van der Waals surface area contributed by atoms with Crippen molar-refractivity contribution >= 4 is 115 Å². The summed E-state index contributed by atoms with van der Waals surface area (Å²) in [5.41, 5.74) is 1.76. The summed E-state index contributed by atoms with van der Waals surface area (Å²) in [6, 6.07) is 24.4. The Labute approximate surface area is 533 Å². The maximum absolute atomic E-state index is 12.5. The minimum Gasteiger partial charge on any atom is -0.744 e. The molecule has 0 amide bonds. The van der Waals surface area contributed by atoms with Crippen LogP contribution in [0.25, 0.3) is 12.2 Å². The third kappa shape index (κ3) is 26.6. The zero-order valence-corrected chi connectivity index (χ0v) is 52.1. The van der Waals surface area contributed by atoms with Gasteiger partial charge in [0.1, 0.15) is 10.1 Å². The fraction of sp³-hybridized carbons (Fsp3) is 0.100. The van der Waals surface area contributed by atoms with E-state index in [0.717, 1.165) is 6.07 Å². The van der Waals surface area contributed by atoms with Gasteiger partial charge in [-0.05, 0) is 59.7 Å². The summed E-state index contributed by atoms with van der Waals surface area (Å²) in [6.07, 6.45) is 2.78. The number of aromatic nitrogens is 6. The first-order chi connectivity index (χ1) is 34.7. The zero-order chi connectivity index (χ0) is 53.1. The van der Waals surface area contributed by atoms with Gasteiger partial charge >= 0.3 is 129 Å². The largest absolute Gasteiger partial charge is 1.00 e. The van der Waals surface area contributed by atoms with Gasteiger partial charge in [-0.1, -0.05) is 35.2 Å². The Bertz CT molecular complexity index is 2910. The van der Waals surface area contributed by atoms with E-state index in [4.69, 9.17) is 12.6 Å². The van der Waals surface area contributed by atoms with Crippen molar-refractivity contribution in [2.24, 2.45) is 0 Å². The molecule has 0 radical (unpaired) electrons. The summed E-state index contributed by atoms with van der Waals surface area (Å²) in [5, 5.41) is 77.7. The molecule has 0 saturated carbocycles. The molecule has 4 aromatic carbocycles. The van der Waals surface area contributed by atoms with Gasteiger partial charge in [-0.3, -0.25) is 20.5 Å². The van der Waals surface area contributed by atoms with Gasteiger partial charge in [-0.25, -0.2) is 8.42 Å². The van der Waals surface area contributed by atoms with Gasteiger partial charge in [0.05, 0.1) is 42.2 Å². The van der Waals surface area contributed by atoms with E-state index >= 15 is 0 Å². The Morgan fingerprint density at radius 1 is 0.618 bits per heavy atom. The summed E-state index contributed by atoms with van der Waals surface area (Å²) in [5.74, 6) is -0.827. The van der Waals surface area contributed by atoms with Gasteiger partial charge in [0.2, 0.25) is 29.7 Å². The Kier molecular flexibility index (Phi) is 40.2. The van der Waals surface area contributed by atoms with E-state index in [0.29, 0.717) is 51.6 Å². The molecule has 28 nitrogen and oxygen atoms in total. The predicted molar refractivity (Wildman–Crippen MR) is 255 cm³/mol. The number of hydrogen-bond donors (Lipinski definition) is 8. The van der Waals surface area contributed by atoms with Crippen LogP contribution in [0.3, 0.4) is 0 Å². The fourth-order valence-corrected chi connectivity index (χ4v) is 6.95. The van der Waals surface area contributed by atoms with Crippen LogP contribution in [0.2, 0.25) is 0 Å². The van der Waals surface area contributed by atoms with Crippen LogP contribution in [0.4, 0.5) is 58.4 Å². The van der Waals surface area contributed by atoms with Crippen LogP contribution in [0.1, 0.15) is 11.1 Å². The molecule has 0 aliphatic heterocycles. The van der Waals surface area contributed by atoms with Crippen molar-refractivity contribution in [3.05, 3.63) is 128 Å². The average Bonchev–Trinajstić information content (AvgIpc) is 3.36. The van der Waals surface area contributed by atoms with Gasteiger partial charge in [-0.2, -0.15) is 56.8 Å². The summed E-state index contributed by atoms with van der Waals surface area (Å²) in [4.78, 5) is 27.0. The quantitative estimate of drug-likeness (QED) is 0.00432. The van der Waals surface area contributed by atoms with Crippen molar-refractivity contribution in [2.45, 2.75) is 14.7 Å². The number of nitrogens with one attached hydrogen (secondary N) is 4. The van der Waals surface area contributed by atoms with Crippen LogP contribution in [0.5, 0.6) is 0 Å². The number of aliphatic hydroxyl groups excluding tert-OH is 2. The van der Waals surface area contributed by atoms with Gasteiger partial charge in [-0.15, -0.1) is 51.1 Å². The molecule has 0 saturated heterocycles. The van der Waals surface area contributed by atoms with E-state index in [9.17, 15) is 44.1 Å². The summed E-state index contributed by atoms with van der Waals surface area (Å²) in [7, 11) is -8.24.